The molecule has 1 saturated heterocycles. The SMILES string of the molecule is COCCc1ccc(Cn2cc([C@@H]3O[C@H](CO)[C@@H](O)[C@H](O)[C@H]3O)c3cccc(Cl)c32)cc1. The van der Waals surface area contributed by atoms with Crippen molar-refractivity contribution in [2.24, 2.45) is 0 Å². The van der Waals surface area contributed by atoms with Crippen molar-refractivity contribution in [3.05, 3.63) is 70.4 Å². The number of aliphatic hydroxyl groups is 4. The maximum Gasteiger partial charge on any atom is 0.114 e. The number of hydrogen-bond acceptors (Lipinski definition) is 6. The molecule has 172 valence electrons. The Labute approximate surface area is 191 Å². The summed E-state index contributed by atoms with van der Waals surface area (Å²) in [4.78, 5) is 0. The molecule has 0 spiro atoms. The second kappa shape index (κ2) is 9.89. The zero-order valence-corrected chi connectivity index (χ0v) is 18.5. The number of benzene rings is 2. The maximum atomic E-state index is 10.6. The van der Waals surface area contributed by atoms with Gasteiger partial charge in [-0.3, -0.25) is 0 Å². The second-order valence-electron chi connectivity index (χ2n) is 8.16. The zero-order valence-electron chi connectivity index (χ0n) is 17.8. The quantitative estimate of drug-likeness (QED) is 0.429. The molecule has 3 aromatic rings. The minimum Gasteiger partial charge on any atom is -0.394 e. The number of rotatable bonds is 7. The van der Waals surface area contributed by atoms with E-state index in [1.54, 1.807) is 13.2 Å². The van der Waals surface area contributed by atoms with E-state index in [9.17, 15) is 20.4 Å². The summed E-state index contributed by atoms with van der Waals surface area (Å²) in [6.45, 7) is 0.734. The molecule has 2 aromatic carbocycles. The molecule has 1 aliphatic heterocycles. The number of methoxy groups -OCH3 is 1. The average molecular weight is 462 g/mol. The molecule has 32 heavy (non-hydrogen) atoms. The monoisotopic (exact) mass is 461 g/mol. The predicted octanol–water partition coefficient (Wildman–Crippen LogP) is 2.05. The van der Waals surface area contributed by atoms with Crippen molar-refractivity contribution in [1.29, 1.82) is 0 Å². The molecule has 1 aliphatic rings. The fraction of sp³-hybridized carbons (Fsp3) is 0.417. The van der Waals surface area contributed by atoms with Crippen LogP contribution < -0.4 is 0 Å². The van der Waals surface area contributed by atoms with E-state index in [1.807, 2.05) is 22.9 Å². The Morgan fingerprint density at radius 2 is 1.72 bits per heavy atom. The van der Waals surface area contributed by atoms with Crippen molar-refractivity contribution in [3.8, 4) is 0 Å². The number of halogens is 1. The molecule has 0 unspecified atom stereocenters. The summed E-state index contributed by atoms with van der Waals surface area (Å²) >= 11 is 6.54. The Morgan fingerprint density at radius 3 is 2.41 bits per heavy atom. The number of aromatic nitrogens is 1. The highest BCUT2D eigenvalue weighted by molar-refractivity contribution is 6.35. The number of nitrogens with zero attached hydrogens (tertiary/aromatic N) is 1. The highest BCUT2D eigenvalue weighted by atomic mass is 35.5. The first-order valence-electron chi connectivity index (χ1n) is 10.6. The number of hydrogen-bond donors (Lipinski definition) is 4. The molecule has 5 atom stereocenters. The fourth-order valence-electron chi connectivity index (χ4n) is 4.28. The van der Waals surface area contributed by atoms with Gasteiger partial charge in [-0.05, 0) is 23.6 Å². The Morgan fingerprint density at radius 1 is 1.00 bits per heavy atom. The normalized spacial score (nSPS) is 26.0. The Bertz CT molecular complexity index is 1050. The molecule has 4 N–H and O–H groups in total. The van der Waals surface area contributed by atoms with Crippen LogP contribution >= 0.6 is 11.6 Å². The first kappa shape index (κ1) is 23.2. The van der Waals surface area contributed by atoms with E-state index in [2.05, 4.69) is 24.3 Å². The summed E-state index contributed by atoms with van der Waals surface area (Å²) in [6, 6.07) is 13.7. The van der Waals surface area contributed by atoms with E-state index in [1.165, 1.54) is 5.56 Å². The van der Waals surface area contributed by atoms with Gasteiger partial charge in [0, 0.05) is 30.8 Å². The molecule has 0 radical (unpaired) electrons. The molecule has 0 aliphatic carbocycles. The standard InChI is InChI=1S/C24H28ClNO6/c1-31-10-9-14-5-7-15(8-6-14)11-26-12-17(16-3-2-4-18(25)20(16)26)24-23(30)22(29)21(28)19(13-27)32-24/h2-8,12,19,21-24,27-30H,9-11,13H2,1H3/t19-,21-,22+,23-,24+/m1/s1. The van der Waals surface area contributed by atoms with Crippen molar-refractivity contribution >= 4 is 22.5 Å². The van der Waals surface area contributed by atoms with E-state index in [-0.39, 0.29) is 0 Å². The van der Waals surface area contributed by atoms with Crippen molar-refractivity contribution in [3.63, 3.8) is 0 Å². The van der Waals surface area contributed by atoms with E-state index in [4.69, 9.17) is 21.1 Å². The van der Waals surface area contributed by atoms with Gasteiger partial charge < -0.3 is 34.5 Å². The smallest absolute Gasteiger partial charge is 0.114 e. The van der Waals surface area contributed by atoms with Gasteiger partial charge >= 0.3 is 0 Å². The number of aliphatic hydroxyl groups excluding tert-OH is 4. The van der Waals surface area contributed by atoms with Gasteiger partial charge in [0.1, 0.15) is 30.5 Å². The van der Waals surface area contributed by atoms with Crippen LogP contribution in [-0.2, 0) is 22.4 Å². The zero-order chi connectivity index (χ0) is 22.8. The topological polar surface area (TPSA) is 104 Å². The Hall–Kier alpha value is -1.97. The lowest BCUT2D eigenvalue weighted by Gasteiger charge is -2.40. The van der Waals surface area contributed by atoms with Crippen molar-refractivity contribution in [2.45, 2.75) is 43.5 Å². The first-order valence-corrected chi connectivity index (χ1v) is 11.0. The van der Waals surface area contributed by atoms with Crippen LogP contribution in [0.25, 0.3) is 10.9 Å². The average Bonchev–Trinajstić information content (AvgIpc) is 3.16. The van der Waals surface area contributed by atoms with E-state index in [0.717, 1.165) is 22.9 Å². The van der Waals surface area contributed by atoms with Gasteiger partial charge in [0.15, 0.2) is 0 Å². The molecule has 8 heteroatoms. The summed E-state index contributed by atoms with van der Waals surface area (Å²) in [7, 11) is 1.68. The number of para-hydroxylation sites is 1. The van der Waals surface area contributed by atoms with Gasteiger partial charge in [-0.1, -0.05) is 48.0 Å². The Balaban J connectivity index is 1.69. The van der Waals surface area contributed by atoms with Gasteiger partial charge in [-0.15, -0.1) is 0 Å². The summed E-state index contributed by atoms with van der Waals surface area (Å²) in [5.41, 5.74) is 3.68. The van der Waals surface area contributed by atoms with Crippen LogP contribution in [0.1, 0.15) is 22.8 Å². The van der Waals surface area contributed by atoms with Gasteiger partial charge in [0.25, 0.3) is 0 Å². The first-order chi connectivity index (χ1) is 15.4. The van der Waals surface area contributed by atoms with Gasteiger partial charge in [0.05, 0.1) is 23.8 Å². The van der Waals surface area contributed by atoms with E-state index in [0.29, 0.717) is 23.7 Å². The van der Waals surface area contributed by atoms with E-state index >= 15 is 0 Å². The molecule has 2 heterocycles. The third-order valence-electron chi connectivity index (χ3n) is 6.05. The molecular formula is C24H28ClNO6. The van der Waals surface area contributed by atoms with Gasteiger partial charge in [0.2, 0.25) is 0 Å². The molecule has 0 saturated carbocycles. The largest absolute Gasteiger partial charge is 0.394 e. The molecule has 1 fully saturated rings. The van der Waals surface area contributed by atoms with Crippen molar-refractivity contribution in [2.75, 3.05) is 20.3 Å². The lowest BCUT2D eigenvalue weighted by Crippen LogP contribution is -2.55. The number of fused-ring (bicyclic) bond motifs is 1. The van der Waals surface area contributed by atoms with Crippen LogP contribution in [-0.4, -0.2) is 69.7 Å². The van der Waals surface area contributed by atoms with Gasteiger partial charge in [-0.25, -0.2) is 0 Å². The molecular weight excluding hydrogens is 434 g/mol. The van der Waals surface area contributed by atoms with Gasteiger partial charge in [-0.2, -0.15) is 0 Å². The van der Waals surface area contributed by atoms with Crippen LogP contribution in [0.15, 0.2) is 48.7 Å². The van der Waals surface area contributed by atoms with Crippen LogP contribution in [0, 0.1) is 0 Å². The van der Waals surface area contributed by atoms with Crippen molar-refractivity contribution < 1.29 is 29.9 Å². The summed E-state index contributed by atoms with van der Waals surface area (Å²) in [5.74, 6) is 0. The maximum absolute atomic E-state index is 10.6. The minimum absolute atomic E-state index is 0.476. The third kappa shape index (κ3) is 4.43. The van der Waals surface area contributed by atoms with Crippen LogP contribution in [0.5, 0.6) is 0 Å². The second-order valence-corrected chi connectivity index (χ2v) is 8.56. The van der Waals surface area contributed by atoms with Crippen LogP contribution in [0.3, 0.4) is 0 Å². The molecule has 0 amide bonds. The molecule has 4 rings (SSSR count). The lowest BCUT2D eigenvalue weighted by atomic mass is 9.91. The van der Waals surface area contributed by atoms with E-state index < -0.39 is 37.1 Å². The number of ether oxygens (including phenoxy) is 2. The fourth-order valence-corrected chi connectivity index (χ4v) is 4.56. The predicted molar refractivity (Wildman–Crippen MR) is 121 cm³/mol. The third-order valence-corrected chi connectivity index (χ3v) is 6.35. The minimum atomic E-state index is -1.44. The summed E-state index contributed by atoms with van der Waals surface area (Å²) in [6.07, 6.45) is -3.41. The highest BCUT2D eigenvalue weighted by Gasteiger charge is 2.44. The highest BCUT2D eigenvalue weighted by Crippen LogP contribution is 2.39. The molecule has 7 nitrogen and oxygen atoms in total. The van der Waals surface area contributed by atoms with Crippen LogP contribution in [0.4, 0.5) is 0 Å². The molecule has 1 aromatic heterocycles. The lowest BCUT2D eigenvalue weighted by molar-refractivity contribution is -0.231. The summed E-state index contributed by atoms with van der Waals surface area (Å²) < 4.78 is 12.9. The van der Waals surface area contributed by atoms with Crippen molar-refractivity contribution in [1.82, 2.24) is 4.57 Å². The van der Waals surface area contributed by atoms with Crippen LogP contribution in [0.2, 0.25) is 5.02 Å². The Kier molecular flexibility index (Phi) is 7.17. The molecule has 0 bridgehead atoms. The summed E-state index contributed by atoms with van der Waals surface area (Å²) in [5, 5.41) is 41.9.